The average molecular weight is 284 g/mol. The standard InChI is InChI=1S/C16H20N4O/c1-12(2)9-16-15(11-17)18-19-20(16)7-8-21-14-6-4-5-13(3)10-14/h4-6,10,12H,7-9H2,1-3H3. The van der Waals surface area contributed by atoms with Crippen molar-refractivity contribution in [2.24, 2.45) is 5.92 Å². The molecule has 0 fully saturated rings. The fraction of sp³-hybridized carbons (Fsp3) is 0.438. The molecule has 0 saturated heterocycles. The van der Waals surface area contributed by atoms with Gasteiger partial charge in [0, 0.05) is 0 Å². The van der Waals surface area contributed by atoms with Gasteiger partial charge in [-0.1, -0.05) is 31.2 Å². The molecule has 0 atom stereocenters. The molecule has 1 heterocycles. The minimum Gasteiger partial charge on any atom is -0.492 e. The number of hydrogen-bond acceptors (Lipinski definition) is 4. The molecule has 0 bridgehead atoms. The van der Waals surface area contributed by atoms with Crippen LogP contribution in [-0.2, 0) is 13.0 Å². The van der Waals surface area contributed by atoms with Crippen LogP contribution in [0.4, 0.5) is 0 Å². The van der Waals surface area contributed by atoms with Crippen LogP contribution in [0.25, 0.3) is 0 Å². The van der Waals surface area contributed by atoms with Crippen LogP contribution in [0.2, 0.25) is 0 Å². The first-order valence-corrected chi connectivity index (χ1v) is 7.12. The summed E-state index contributed by atoms with van der Waals surface area (Å²) in [6.07, 6.45) is 0.792. The molecule has 0 aliphatic rings. The van der Waals surface area contributed by atoms with Crippen LogP contribution in [0.5, 0.6) is 5.75 Å². The van der Waals surface area contributed by atoms with E-state index in [1.807, 2.05) is 31.2 Å². The monoisotopic (exact) mass is 284 g/mol. The summed E-state index contributed by atoms with van der Waals surface area (Å²) < 4.78 is 7.49. The van der Waals surface area contributed by atoms with E-state index in [-0.39, 0.29) is 0 Å². The van der Waals surface area contributed by atoms with Gasteiger partial charge in [0.25, 0.3) is 0 Å². The molecule has 5 heteroatoms. The minimum absolute atomic E-state index is 0.416. The van der Waals surface area contributed by atoms with Crippen molar-refractivity contribution < 1.29 is 4.74 Å². The predicted molar refractivity (Wildman–Crippen MR) is 80.0 cm³/mol. The van der Waals surface area contributed by atoms with Crippen LogP contribution in [0.3, 0.4) is 0 Å². The second-order valence-corrected chi connectivity index (χ2v) is 5.48. The maximum atomic E-state index is 9.08. The lowest BCUT2D eigenvalue weighted by Crippen LogP contribution is -2.14. The first-order chi connectivity index (χ1) is 10.1. The quantitative estimate of drug-likeness (QED) is 0.818. The molecule has 0 radical (unpaired) electrons. The van der Waals surface area contributed by atoms with Crippen molar-refractivity contribution in [3.63, 3.8) is 0 Å². The van der Waals surface area contributed by atoms with Crippen LogP contribution in [-0.4, -0.2) is 21.6 Å². The Labute approximate surface area is 125 Å². The summed E-state index contributed by atoms with van der Waals surface area (Å²) in [5, 5.41) is 17.1. The average Bonchev–Trinajstić information content (AvgIpc) is 2.80. The highest BCUT2D eigenvalue weighted by Crippen LogP contribution is 2.14. The number of aromatic nitrogens is 3. The molecule has 5 nitrogen and oxygen atoms in total. The van der Waals surface area contributed by atoms with Gasteiger partial charge in [-0.3, -0.25) is 0 Å². The van der Waals surface area contributed by atoms with Gasteiger partial charge in [-0.2, -0.15) is 5.26 Å². The van der Waals surface area contributed by atoms with Gasteiger partial charge in [-0.05, 0) is 37.0 Å². The Morgan fingerprint density at radius 2 is 2.19 bits per heavy atom. The van der Waals surface area contributed by atoms with E-state index in [2.05, 4.69) is 30.2 Å². The number of aryl methyl sites for hydroxylation is 1. The lowest BCUT2D eigenvalue weighted by Gasteiger charge is -2.10. The highest BCUT2D eigenvalue weighted by molar-refractivity contribution is 5.27. The van der Waals surface area contributed by atoms with Gasteiger partial charge in [0.1, 0.15) is 18.4 Å². The molecule has 2 rings (SSSR count). The molecule has 21 heavy (non-hydrogen) atoms. The van der Waals surface area contributed by atoms with Crippen molar-refractivity contribution >= 4 is 0 Å². The first kappa shape index (κ1) is 15.0. The zero-order valence-corrected chi connectivity index (χ0v) is 12.7. The molecule has 0 N–H and O–H groups in total. The van der Waals surface area contributed by atoms with Gasteiger partial charge in [-0.25, -0.2) is 4.68 Å². The molecule has 0 aliphatic heterocycles. The largest absolute Gasteiger partial charge is 0.492 e. The summed E-state index contributed by atoms with van der Waals surface area (Å²) in [5.74, 6) is 1.30. The molecular weight excluding hydrogens is 264 g/mol. The number of nitriles is 1. The Bertz CT molecular complexity index is 640. The fourth-order valence-electron chi connectivity index (χ4n) is 2.14. The van der Waals surface area contributed by atoms with Gasteiger partial charge in [-0.15, -0.1) is 5.10 Å². The van der Waals surface area contributed by atoms with Crippen LogP contribution in [0.15, 0.2) is 24.3 Å². The van der Waals surface area contributed by atoms with E-state index in [0.29, 0.717) is 24.8 Å². The predicted octanol–water partition coefficient (Wildman–Crippen LogP) is 2.74. The summed E-state index contributed by atoms with van der Waals surface area (Å²) in [4.78, 5) is 0. The number of ether oxygens (including phenoxy) is 1. The van der Waals surface area contributed by atoms with Crippen molar-refractivity contribution in [2.45, 2.75) is 33.7 Å². The van der Waals surface area contributed by atoms with Gasteiger partial charge in [0.15, 0.2) is 5.69 Å². The van der Waals surface area contributed by atoms with E-state index >= 15 is 0 Å². The number of rotatable bonds is 6. The van der Waals surface area contributed by atoms with Crippen molar-refractivity contribution in [2.75, 3.05) is 6.61 Å². The van der Waals surface area contributed by atoms with E-state index in [1.54, 1.807) is 4.68 Å². The number of benzene rings is 1. The molecule has 1 aromatic heterocycles. The fourth-order valence-corrected chi connectivity index (χ4v) is 2.14. The smallest absolute Gasteiger partial charge is 0.185 e. The van der Waals surface area contributed by atoms with Crippen LogP contribution in [0, 0.1) is 24.2 Å². The number of nitrogens with zero attached hydrogens (tertiary/aromatic N) is 4. The molecular formula is C16H20N4O. The van der Waals surface area contributed by atoms with Crippen LogP contribution < -0.4 is 4.74 Å². The summed E-state index contributed by atoms with van der Waals surface area (Å²) in [5.41, 5.74) is 2.47. The molecule has 0 spiro atoms. The first-order valence-electron chi connectivity index (χ1n) is 7.12. The summed E-state index contributed by atoms with van der Waals surface area (Å²) in [7, 11) is 0. The lowest BCUT2D eigenvalue weighted by molar-refractivity contribution is 0.286. The third kappa shape index (κ3) is 4.06. The van der Waals surface area contributed by atoms with E-state index in [9.17, 15) is 0 Å². The van der Waals surface area contributed by atoms with E-state index in [0.717, 1.165) is 17.9 Å². The molecule has 1 aromatic carbocycles. The molecule has 0 aliphatic carbocycles. The molecule has 110 valence electrons. The topological polar surface area (TPSA) is 63.7 Å². The maximum absolute atomic E-state index is 9.08. The summed E-state index contributed by atoms with van der Waals surface area (Å²) in [6.45, 7) is 7.35. The van der Waals surface area contributed by atoms with Crippen molar-refractivity contribution in [3.8, 4) is 11.8 Å². The molecule has 0 unspecified atom stereocenters. The maximum Gasteiger partial charge on any atom is 0.185 e. The summed E-state index contributed by atoms with van der Waals surface area (Å²) >= 11 is 0. The normalized spacial score (nSPS) is 10.6. The Morgan fingerprint density at radius 3 is 2.86 bits per heavy atom. The second kappa shape index (κ2) is 6.89. The zero-order chi connectivity index (χ0) is 15.2. The van der Waals surface area contributed by atoms with E-state index in [4.69, 9.17) is 10.00 Å². The highest BCUT2D eigenvalue weighted by Gasteiger charge is 2.13. The van der Waals surface area contributed by atoms with Crippen molar-refractivity contribution in [1.29, 1.82) is 5.26 Å². The Morgan fingerprint density at radius 1 is 1.38 bits per heavy atom. The Kier molecular flexibility index (Phi) is 4.94. The van der Waals surface area contributed by atoms with Crippen LogP contribution >= 0.6 is 0 Å². The third-order valence-electron chi connectivity index (χ3n) is 3.11. The third-order valence-corrected chi connectivity index (χ3v) is 3.11. The second-order valence-electron chi connectivity index (χ2n) is 5.48. The van der Waals surface area contributed by atoms with E-state index in [1.165, 1.54) is 5.56 Å². The van der Waals surface area contributed by atoms with Gasteiger partial charge in [0.05, 0.1) is 12.2 Å². The van der Waals surface area contributed by atoms with Gasteiger partial charge < -0.3 is 4.74 Å². The highest BCUT2D eigenvalue weighted by atomic mass is 16.5. The molecule has 0 amide bonds. The minimum atomic E-state index is 0.416. The Balaban J connectivity index is 2.00. The van der Waals surface area contributed by atoms with Gasteiger partial charge >= 0.3 is 0 Å². The van der Waals surface area contributed by atoms with Gasteiger partial charge in [0.2, 0.25) is 0 Å². The molecule has 0 saturated carbocycles. The SMILES string of the molecule is Cc1cccc(OCCn2nnc(C#N)c2CC(C)C)c1. The zero-order valence-electron chi connectivity index (χ0n) is 12.7. The Hall–Kier alpha value is -2.35. The van der Waals surface area contributed by atoms with Crippen LogP contribution in [0.1, 0.15) is 30.8 Å². The van der Waals surface area contributed by atoms with E-state index < -0.39 is 0 Å². The number of hydrogen-bond donors (Lipinski definition) is 0. The lowest BCUT2D eigenvalue weighted by atomic mass is 10.1. The van der Waals surface area contributed by atoms with Crippen molar-refractivity contribution in [3.05, 3.63) is 41.2 Å². The molecule has 2 aromatic rings. The van der Waals surface area contributed by atoms with Crippen molar-refractivity contribution in [1.82, 2.24) is 15.0 Å². The summed E-state index contributed by atoms with van der Waals surface area (Å²) in [6, 6.07) is 10.0.